The Morgan fingerprint density at radius 3 is 2.50 bits per heavy atom. The van der Waals surface area contributed by atoms with E-state index < -0.39 is 10.0 Å². The van der Waals surface area contributed by atoms with Gasteiger partial charge in [-0.1, -0.05) is 31.5 Å². The molecular formula is C26H38N2O3S. The number of aliphatic hydroxyl groups excluding tert-OH is 1. The van der Waals surface area contributed by atoms with E-state index >= 15 is 0 Å². The predicted molar refractivity (Wildman–Crippen MR) is 127 cm³/mol. The highest BCUT2D eigenvalue weighted by Gasteiger charge is 2.59. The summed E-state index contributed by atoms with van der Waals surface area (Å²) in [7, 11) is -3.64. The van der Waals surface area contributed by atoms with E-state index in [0.717, 1.165) is 55.7 Å². The Morgan fingerprint density at radius 1 is 1.00 bits per heavy atom. The monoisotopic (exact) mass is 458 g/mol. The second-order valence-electron chi connectivity index (χ2n) is 11.5. The molecule has 4 saturated carbocycles. The third-order valence-corrected chi connectivity index (χ3v) is 11.2. The summed E-state index contributed by atoms with van der Waals surface area (Å²) >= 11 is 0. The summed E-state index contributed by atoms with van der Waals surface area (Å²) in [6.45, 7) is 6.78. The number of hydrazone groups is 1. The number of sulfonamides is 1. The van der Waals surface area contributed by atoms with Gasteiger partial charge in [-0.15, -0.1) is 0 Å². The fraction of sp³-hybridized carbons (Fsp3) is 0.731. The van der Waals surface area contributed by atoms with Gasteiger partial charge < -0.3 is 5.11 Å². The standard InChI is InChI=1S/C26H38N2O3S/c1-17-4-7-20(8-5-17)32(30,31)28-27-24-11-10-22-21-9-6-18-16-19(29)12-14-25(18,2)23(21)13-15-26(22,24)3/h4-5,7-8,18-19,21-23,28-29H,6,9-16H2,1-3H3/t18-,19-,21+,22+,23+,25-,26+/m0/s1. The lowest BCUT2D eigenvalue weighted by atomic mass is 9.45. The fourth-order valence-electron chi connectivity index (χ4n) is 8.09. The van der Waals surface area contributed by atoms with E-state index in [1.54, 1.807) is 12.1 Å². The van der Waals surface area contributed by atoms with Crippen molar-refractivity contribution >= 4 is 15.7 Å². The second kappa shape index (κ2) is 7.83. The van der Waals surface area contributed by atoms with E-state index in [9.17, 15) is 13.5 Å². The maximum atomic E-state index is 12.8. The summed E-state index contributed by atoms with van der Waals surface area (Å²) in [5, 5.41) is 14.8. The first-order valence-corrected chi connectivity index (χ1v) is 14.0. The molecule has 4 fully saturated rings. The summed E-state index contributed by atoms with van der Waals surface area (Å²) in [5.74, 6) is 2.68. The van der Waals surface area contributed by atoms with E-state index in [0.29, 0.717) is 23.2 Å². The Labute approximate surface area is 193 Å². The van der Waals surface area contributed by atoms with Crippen molar-refractivity contribution in [3.63, 3.8) is 0 Å². The van der Waals surface area contributed by atoms with Crippen molar-refractivity contribution in [2.45, 2.75) is 89.6 Å². The van der Waals surface area contributed by atoms with Gasteiger partial charge in [-0.3, -0.25) is 0 Å². The summed E-state index contributed by atoms with van der Waals surface area (Å²) in [6, 6.07) is 6.92. The zero-order valence-electron chi connectivity index (χ0n) is 19.7. The van der Waals surface area contributed by atoms with Crippen LogP contribution < -0.4 is 4.83 Å². The van der Waals surface area contributed by atoms with E-state index in [2.05, 4.69) is 23.8 Å². The molecule has 0 aromatic heterocycles. The zero-order valence-corrected chi connectivity index (χ0v) is 20.5. The highest BCUT2D eigenvalue weighted by Crippen LogP contribution is 2.65. The van der Waals surface area contributed by atoms with E-state index in [-0.39, 0.29) is 16.4 Å². The number of benzene rings is 1. The van der Waals surface area contributed by atoms with Crippen molar-refractivity contribution in [3.05, 3.63) is 29.8 Å². The summed E-state index contributed by atoms with van der Waals surface area (Å²) in [4.78, 5) is 2.82. The molecule has 2 N–H and O–H groups in total. The van der Waals surface area contributed by atoms with Crippen molar-refractivity contribution in [2.24, 2.45) is 39.6 Å². The molecule has 1 aromatic carbocycles. The first-order valence-electron chi connectivity index (χ1n) is 12.5. The minimum Gasteiger partial charge on any atom is -0.393 e. The Kier molecular flexibility index (Phi) is 5.48. The van der Waals surface area contributed by atoms with Gasteiger partial charge in [0.1, 0.15) is 0 Å². The molecule has 32 heavy (non-hydrogen) atoms. The average Bonchev–Trinajstić information content (AvgIpc) is 3.09. The number of fused-ring (bicyclic) bond motifs is 5. The van der Waals surface area contributed by atoms with Crippen LogP contribution in [0.2, 0.25) is 0 Å². The molecule has 0 heterocycles. The van der Waals surface area contributed by atoms with Gasteiger partial charge in [0.05, 0.1) is 11.0 Å². The van der Waals surface area contributed by atoms with Gasteiger partial charge in [0.2, 0.25) is 0 Å². The normalized spacial score (nSPS) is 42.8. The first-order chi connectivity index (χ1) is 15.1. The number of nitrogens with zero attached hydrogens (tertiary/aromatic N) is 1. The number of nitrogens with one attached hydrogen (secondary N) is 1. The van der Waals surface area contributed by atoms with Crippen LogP contribution in [0.25, 0.3) is 0 Å². The maximum Gasteiger partial charge on any atom is 0.276 e. The lowest BCUT2D eigenvalue weighted by Crippen LogP contribution is -2.54. The average molecular weight is 459 g/mol. The van der Waals surface area contributed by atoms with Crippen LogP contribution in [0.4, 0.5) is 0 Å². The first kappa shape index (κ1) is 22.4. The molecule has 176 valence electrons. The van der Waals surface area contributed by atoms with Gasteiger partial charge in [0, 0.05) is 11.1 Å². The molecule has 0 radical (unpaired) electrons. The lowest BCUT2D eigenvalue weighted by molar-refractivity contribution is -0.113. The minimum atomic E-state index is -3.64. The molecule has 0 bridgehead atoms. The number of rotatable bonds is 3. The van der Waals surface area contributed by atoms with Crippen LogP contribution in [0.3, 0.4) is 0 Å². The number of hydrogen-bond donors (Lipinski definition) is 2. The van der Waals surface area contributed by atoms with Crippen LogP contribution in [0, 0.1) is 41.4 Å². The molecule has 0 unspecified atom stereocenters. The van der Waals surface area contributed by atoms with Crippen LogP contribution >= 0.6 is 0 Å². The van der Waals surface area contributed by atoms with Crippen LogP contribution in [-0.2, 0) is 10.0 Å². The third kappa shape index (κ3) is 3.53. The van der Waals surface area contributed by atoms with Crippen LogP contribution in [0.5, 0.6) is 0 Å². The highest BCUT2D eigenvalue weighted by molar-refractivity contribution is 7.89. The van der Waals surface area contributed by atoms with Gasteiger partial charge >= 0.3 is 0 Å². The summed E-state index contributed by atoms with van der Waals surface area (Å²) in [5.41, 5.74) is 2.43. The molecule has 5 rings (SSSR count). The summed E-state index contributed by atoms with van der Waals surface area (Å²) < 4.78 is 25.6. The number of aryl methyl sites for hydroxylation is 1. The van der Waals surface area contributed by atoms with Crippen molar-refractivity contribution in [1.29, 1.82) is 0 Å². The Hall–Kier alpha value is -1.40. The molecule has 1 aromatic rings. The quantitative estimate of drug-likeness (QED) is 0.623. The number of hydrogen-bond acceptors (Lipinski definition) is 4. The van der Waals surface area contributed by atoms with Crippen molar-refractivity contribution in [3.8, 4) is 0 Å². The molecule has 0 spiro atoms. The van der Waals surface area contributed by atoms with Crippen LogP contribution in [-0.4, -0.2) is 25.3 Å². The van der Waals surface area contributed by atoms with E-state index in [1.165, 1.54) is 19.3 Å². The predicted octanol–water partition coefficient (Wildman–Crippen LogP) is 5.03. The smallest absolute Gasteiger partial charge is 0.276 e. The topological polar surface area (TPSA) is 78.8 Å². The minimum absolute atomic E-state index is 0.00562. The van der Waals surface area contributed by atoms with Crippen LogP contribution in [0.1, 0.15) is 77.2 Å². The molecule has 4 aliphatic carbocycles. The lowest BCUT2D eigenvalue weighted by Gasteiger charge is -2.60. The third-order valence-electron chi connectivity index (χ3n) is 10.0. The van der Waals surface area contributed by atoms with Gasteiger partial charge in [-0.25, -0.2) is 4.83 Å². The van der Waals surface area contributed by atoms with E-state index in [1.807, 2.05) is 19.1 Å². The van der Waals surface area contributed by atoms with Gasteiger partial charge in [-0.05, 0) is 106 Å². The highest BCUT2D eigenvalue weighted by atomic mass is 32.2. The van der Waals surface area contributed by atoms with E-state index in [4.69, 9.17) is 0 Å². The Balaban J connectivity index is 1.35. The summed E-state index contributed by atoms with van der Waals surface area (Å²) in [6.07, 6.45) is 9.76. The molecule has 5 nitrogen and oxygen atoms in total. The molecule has 0 saturated heterocycles. The zero-order chi connectivity index (χ0) is 22.7. The van der Waals surface area contributed by atoms with Crippen molar-refractivity contribution in [2.75, 3.05) is 0 Å². The molecule has 0 aliphatic heterocycles. The van der Waals surface area contributed by atoms with Gasteiger partial charge in [0.15, 0.2) is 0 Å². The molecular weight excluding hydrogens is 420 g/mol. The largest absolute Gasteiger partial charge is 0.393 e. The van der Waals surface area contributed by atoms with Crippen molar-refractivity contribution < 1.29 is 13.5 Å². The molecule has 0 amide bonds. The SMILES string of the molecule is Cc1ccc(S(=O)(=O)NN=C2CC[C@@H]3[C@H]4CC[C@H]5C[C@@H](O)CC[C@]5(C)[C@@H]4CC[C@@]23C)cc1. The van der Waals surface area contributed by atoms with Crippen LogP contribution in [0.15, 0.2) is 34.3 Å². The molecule has 4 aliphatic rings. The Morgan fingerprint density at radius 2 is 1.75 bits per heavy atom. The Bertz CT molecular complexity index is 1000. The second-order valence-corrected chi connectivity index (χ2v) is 13.2. The fourth-order valence-corrected chi connectivity index (χ4v) is 8.92. The molecule has 7 atom stereocenters. The van der Waals surface area contributed by atoms with Crippen molar-refractivity contribution in [1.82, 2.24) is 4.83 Å². The number of aliphatic hydroxyl groups is 1. The van der Waals surface area contributed by atoms with Gasteiger partial charge in [0.25, 0.3) is 10.0 Å². The molecule has 6 heteroatoms. The van der Waals surface area contributed by atoms with Gasteiger partial charge in [-0.2, -0.15) is 13.5 Å². The maximum absolute atomic E-state index is 12.8.